The minimum absolute atomic E-state index is 0.228. The highest BCUT2D eigenvalue weighted by Crippen LogP contribution is 2.30. The van der Waals surface area contributed by atoms with Gasteiger partial charge in [-0.3, -0.25) is 4.90 Å². The molecule has 1 aliphatic rings. The molecule has 1 atom stereocenters. The number of hydrogen-bond donors (Lipinski definition) is 1. The second-order valence-corrected chi connectivity index (χ2v) is 7.01. The van der Waals surface area contributed by atoms with Gasteiger partial charge in [-0.1, -0.05) is 6.92 Å². The van der Waals surface area contributed by atoms with Crippen LogP contribution in [0.4, 0.5) is 4.39 Å². The molecule has 0 amide bonds. The number of likely N-dealkylation sites (tertiary alicyclic amines) is 1. The van der Waals surface area contributed by atoms with Crippen LogP contribution in [-0.2, 0) is 6.54 Å². The molecule has 23 heavy (non-hydrogen) atoms. The first kappa shape index (κ1) is 16.1. The normalized spacial score (nSPS) is 22.0. The van der Waals surface area contributed by atoms with Crippen molar-refractivity contribution in [2.24, 2.45) is 11.1 Å². The van der Waals surface area contributed by atoms with Crippen molar-refractivity contribution in [3.8, 4) is 5.69 Å². The highest BCUT2D eigenvalue weighted by Gasteiger charge is 2.33. The minimum atomic E-state index is -0.228. The van der Waals surface area contributed by atoms with Gasteiger partial charge in [0.1, 0.15) is 5.82 Å². The van der Waals surface area contributed by atoms with Gasteiger partial charge in [0.05, 0.1) is 11.4 Å². The molecular formula is C18H25FN4. The van der Waals surface area contributed by atoms with Gasteiger partial charge in [0.2, 0.25) is 0 Å². The van der Waals surface area contributed by atoms with Crippen molar-refractivity contribution >= 4 is 0 Å². The fraction of sp³-hybridized carbons (Fsp3) is 0.500. The Kier molecular flexibility index (Phi) is 4.25. The van der Waals surface area contributed by atoms with Crippen LogP contribution in [0.3, 0.4) is 0 Å². The van der Waals surface area contributed by atoms with E-state index in [1.54, 1.807) is 12.1 Å². The highest BCUT2D eigenvalue weighted by molar-refractivity contribution is 5.37. The lowest BCUT2D eigenvalue weighted by atomic mass is 9.90. The molecule has 1 aromatic heterocycles. The molecule has 0 bridgehead atoms. The van der Waals surface area contributed by atoms with Crippen LogP contribution in [0.1, 0.15) is 30.3 Å². The van der Waals surface area contributed by atoms with E-state index >= 15 is 0 Å². The van der Waals surface area contributed by atoms with Gasteiger partial charge in [0, 0.05) is 24.3 Å². The van der Waals surface area contributed by atoms with Crippen LogP contribution in [0.25, 0.3) is 5.69 Å². The summed E-state index contributed by atoms with van der Waals surface area (Å²) in [5.74, 6) is -0.228. The van der Waals surface area contributed by atoms with Crippen molar-refractivity contribution in [2.75, 3.05) is 19.6 Å². The maximum Gasteiger partial charge on any atom is 0.123 e. The predicted molar refractivity (Wildman–Crippen MR) is 90.1 cm³/mol. The molecule has 1 fully saturated rings. The molecule has 1 aliphatic heterocycles. The Morgan fingerprint density at radius 3 is 2.57 bits per heavy atom. The number of aryl methyl sites for hydroxylation is 1. The Balaban J connectivity index is 1.83. The van der Waals surface area contributed by atoms with Crippen LogP contribution < -0.4 is 5.73 Å². The van der Waals surface area contributed by atoms with E-state index in [4.69, 9.17) is 5.73 Å². The molecular weight excluding hydrogens is 291 g/mol. The Morgan fingerprint density at radius 1 is 1.26 bits per heavy atom. The third-order valence-electron chi connectivity index (χ3n) is 5.02. The monoisotopic (exact) mass is 316 g/mol. The average molecular weight is 316 g/mol. The molecule has 1 aromatic carbocycles. The van der Waals surface area contributed by atoms with Crippen LogP contribution in [-0.4, -0.2) is 34.3 Å². The smallest absolute Gasteiger partial charge is 0.123 e. The van der Waals surface area contributed by atoms with Crippen LogP contribution in [0, 0.1) is 25.1 Å². The zero-order chi connectivity index (χ0) is 16.6. The Labute approximate surface area is 137 Å². The molecule has 5 heteroatoms. The first-order chi connectivity index (χ1) is 10.9. The maximum absolute atomic E-state index is 13.1. The van der Waals surface area contributed by atoms with Gasteiger partial charge < -0.3 is 5.73 Å². The minimum Gasteiger partial charge on any atom is -0.330 e. The molecule has 3 rings (SSSR count). The lowest BCUT2D eigenvalue weighted by Crippen LogP contribution is -2.31. The van der Waals surface area contributed by atoms with Gasteiger partial charge in [-0.25, -0.2) is 9.07 Å². The first-order valence-electron chi connectivity index (χ1n) is 8.15. The van der Waals surface area contributed by atoms with E-state index in [0.29, 0.717) is 0 Å². The molecule has 2 aromatic rings. The number of nitrogens with zero attached hydrogens (tertiary/aromatic N) is 3. The maximum atomic E-state index is 13.1. The van der Waals surface area contributed by atoms with Gasteiger partial charge in [0.25, 0.3) is 0 Å². The number of halogens is 1. The summed E-state index contributed by atoms with van der Waals surface area (Å²) in [7, 11) is 0. The summed E-state index contributed by atoms with van der Waals surface area (Å²) in [6.45, 7) is 10.1. The SMILES string of the molecule is Cc1nn(-c2ccc(F)cc2)c(C)c1CN1CCC(C)(CN)C1. The number of nitrogens with two attached hydrogens (primary N) is 1. The second-order valence-electron chi connectivity index (χ2n) is 7.01. The average Bonchev–Trinajstić information content (AvgIpc) is 3.04. The van der Waals surface area contributed by atoms with E-state index < -0.39 is 0 Å². The zero-order valence-electron chi connectivity index (χ0n) is 14.1. The predicted octanol–water partition coefficient (Wildman–Crippen LogP) is 2.80. The lowest BCUT2D eigenvalue weighted by molar-refractivity contribution is 0.273. The Hall–Kier alpha value is -1.72. The Bertz CT molecular complexity index is 692. The lowest BCUT2D eigenvalue weighted by Gasteiger charge is -2.22. The molecule has 2 heterocycles. The third-order valence-corrected chi connectivity index (χ3v) is 5.02. The van der Waals surface area contributed by atoms with Gasteiger partial charge in [-0.2, -0.15) is 5.10 Å². The summed E-state index contributed by atoms with van der Waals surface area (Å²) in [4.78, 5) is 2.46. The van der Waals surface area contributed by atoms with Crippen molar-refractivity contribution in [2.45, 2.75) is 33.7 Å². The van der Waals surface area contributed by atoms with Gasteiger partial charge in [-0.15, -0.1) is 0 Å². The number of aromatic nitrogens is 2. The summed E-state index contributed by atoms with van der Waals surface area (Å²) in [6, 6.07) is 6.47. The number of hydrogen-bond acceptors (Lipinski definition) is 3. The molecule has 0 saturated carbocycles. The van der Waals surface area contributed by atoms with Crippen molar-refractivity contribution in [1.82, 2.24) is 14.7 Å². The Morgan fingerprint density at radius 2 is 1.96 bits per heavy atom. The van der Waals surface area contributed by atoms with E-state index in [1.165, 1.54) is 17.7 Å². The molecule has 2 N–H and O–H groups in total. The van der Waals surface area contributed by atoms with Crippen LogP contribution in [0.2, 0.25) is 0 Å². The second kappa shape index (κ2) is 6.06. The standard InChI is InChI=1S/C18H25FN4/c1-13-17(10-22-9-8-18(3,11-20)12-22)14(2)23(21-13)16-6-4-15(19)5-7-16/h4-7H,8-12,20H2,1-3H3. The van der Waals surface area contributed by atoms with E-state index in [1.807, 2.05) is 11.6 Å². The van der Waals surface area contributed by atoms with Crippen LogP contribution in [0.5, 0.6) is 0 Å². The number of rotatable bonds is 4. The molecule has 1 saturated heterocycles. The molecule has 124 valence electrons. The van der Waals surface area contributed by atoms with E-state index in [-0.39, 0.29) is 11.2 Å². The van der Waals surface area contributed by atoms with E-state index in [0.717, 1.165) is 49.7 Å². The molecule has 1 unspecified atom stereocenters. The van der Waals surface area contributed by atoms with E-state index in [9.17, 15) is 4.39 Å². The summed E-state index contributed by atoms with van der Waals surface area (Å²) >= 11 is 0. The molecule has 0 aliphatic carbocycles. The summed E-state index contributed by atoms with van der Waals surface area (Å²) < 4.78 is 15.0. The molecule has 0 spiro atoms. The largest absolute Gasteiger partial charge is 0.330 e. The fourth-order valence-electron chi connectivity index (χ4n) is 3.39. The zero-order valence-corrected chi connectivity index (χ0v) is 14.1. The van der Waals surface area contributed by atoms with Crippen LogP contribution >= 0.6 is 0 Å². The number of benzene rings is 1. The highest BCUT2D eigenvalue weighted by atomic mass is 19.1. The van der Waals surface area contributed by atoms with Crippen LogP contribution in [0.15, 0.2) is 24.3 Å². The fourth-order valence-corrected chi connectivity index (χ4v) is 3.39. The van der Waals surface area contributed by atoms with Crippen molar-refractivity contribution in [1.29, 1.82) is 0 Å². The third kappa shape index (κ3) is 3.16. The van der Waals surface area contributed by atoms with Crippen molar-refractivity contribution in [3.63, 3.8) is 0 Å². The van der Waals surface area contributed by atoms with Crippen molar-refractivity contribution in [3.05, 3.63) is 47.0 Å². The summed E-state index contributed by atoms with van der Waals surface area (Å²) in [5.41, 5.74) is 10.4. The van der Waals surface area contributed by atoms with Crippen molar-refractivity contribution < 1.29 is 4.39 Å². The van der Waals surface area contributed by atoms with Gasteiger partial charge in [-0.05, 0) is 63.0 Å². The van der Waals surface area contributed by atoms with Gasteiger partial charge in [0.15, 0.2) is 0 Å². The first-order valence-corrected chi connectivity index (χ1v) is 8.15. The summed E-state index contributed by atoms with van der Waals surface area (Å²) in [6.07, 6.45) is 1.15. The topological polar surface area (TPSA) is 47.1 Å². The van der Waals surface area contributed by atoms with Gasteiger partial charge >= 0.3 is 0 Å². The molecule has 0 radical (unpaired) electrons. The quantitative estimate of drug-likeness (QED) is 0.943. The summed E-state index contributed by atoms with van der Waals surface area (Å²) in [5, 5.41) is 4.65. The van der Waals surface area contributed by atoms with E-state index in [2.05, 4.69) is 23.8 Å². The molecule has 4 nitrogen and oxygen atoms in total.